The zero-order chi connectivity index (χ0) is 25.8. The van der Waals surface area contributed by atoms with Crippen LogP contribution >= 0.6 is 23.2 Å². The first-order valence-corrected chi connectivity index (χ1v) is 12.0. The number of nitrogens with zero attached hydrogens (tertiary/aromatic N) is 6. The van der Waals surface area contributed by atoms with Gasteiger partial charge in [0.1, 0.15) is 29.6 Å². The third kappa shape index (κ3) is 4.11. The number of hydrazone groups is 1. The minimum atomic E-state index is -4.46. The summed E-state index contributed by atoms with van der Waals surface area (Å²) in [7, 11) is 0. The van der Waals surface area contributed by atoms with Gasteiger partial charge in [0.15, 0.2) is 0 Å². The zero-order valence-electron chi connectivity index (χ0n) is 19.0. The number of aromatic nitrogens is 5. The van der Waals surface area contributed by atoms with E-state index in [1.165, 1.54) is 12.7 Å². The van der Waals surface area contributed by atoms with E-state index in [2.05, 4.69) is 20.6 Å². The highest BCUT2D eigenvalue weighted by Crippen LogP contribution is 2.59. The molecule has 2 aromatic heterocycles. The number of rotatable bonds is 6. The predicted molar refractivity (Wildman–Crippen MR) is 130 cm³/mol. The van der Waals surface area contributed by atoms with Gasteiger partial charge in [0.05, 0.1) is 17.3 Å². The van der Waals surface area contributed by atoms with Gasteiger partial charge in [0, 0.05) is 16.3 Å². The molecule has 8 nitrogen and oxygen atoms in total. The van der Waals surface area contributed by atoms with Crippen LogP contribution in [0.15, 0.2) is 66.3 Å². The Balaban J connectivity index is 1.50. The van der Waals surface area contributed by atoms with Gasteiger partial charge in [0.2, 0.25) is 12.1 Å². The number of hydrogen-bond donors (Lipinski definition) is 1. The van der Waals surface area contributed by atoms with Crippen LogP contribution in [0.2, 0.25) is 10.0 Å². The Morgan fingerprint density at radius 3 is 2.49 bits per heavy atom. The summed E-state index contributed by atoms with van der Waals surface area (Å²) in [6.07, 6.45) is -2.73. The molecule has 3 heterocycles. The molecule has 2 aromatic carbocycles. The van der Waals surface area contributed by atoms with Gasteiger partial charge in [-0.05, 0) is 49.2 Å². The quantitative estimate of drug-likeness (QED) is 0.332. The Morgan fingerprint density at radius 1 is 1.08 bits per heavy atom. The summed E-state index contributed by atoms with van der Waals surface area (Å²) in [5, 5.41) is 9.14. The maximum atomic E-state index is 13.7. The van der Waals surface area contributed by atoms with E-state index in [-0.39, 0.29) is 25.3 Å². The molecule has 0 radical (unpaired) electrons. The second-order valence-corrected chi connectivity index (χ2v) is 9.62. The summed E-state index contributed by atoms with van der Waals surface area (Å²) in [6.45, 7) is 0.191. The molecule has 1 aliphatic heterocycles. The Hall–Kier alpha value is -3.57. The third-order valence-corrected chi connectivity index (χ3v) is 7.03. The van der Waals surface area contributed by atoms with E-state index in [0.29, 0.717) is 38.5 Å². The molecular weight excluding hydrogens is 530 g/mol. The standard InChI is InChI=1S/C24H18Cl2F3N7O/c25-14-5-7-15(8-6-14)36-18(11-35-13-30-12-31-35)19(32-20(36)16-3-1-2-4-17(16)26)21-33-34-22(37-21)23(9-10-23)24(27,28)29/h1-8,12-13,21,33H,9-11H2. The van der Waals surface area contributed by atoms with Crippen molar-refractivity contribution < 1.29 is 17.9 Å². The minimum absolute atomic E-state index is 0.0698. The largest absolute Gasteiger partial charge is 0.448 e. The molecule has 0 bridgehead atoms. The van der Waals surface area contributed by atoms with Crippen molar-refractivity contribution in [3.63, 3.8) is 0 Å². The Morgan fingerprint density at radius 2 is 1.84 bits per heavy atom. The smallest absolute Gasteiger partial charge is 0.403 e. The molecule has 1 atom stereocenters. The van der Waals surface area contributed by atoms with Crippen LogP contribution in [0.5, 0.6) is 0 Å². The lowest BCUT2D eigenvalue weighted by Gasteiger charge is -2.19. The molecule has 0 spiro atoms. The summed E-state index contributed by atoms with van der Waals surface area (Å²) >= 11 is 12.7. The van der Waals surface area contributed by atoms with Gasteiger partial charge in [-0.1, -0.05) is 35.3 Å². The van der Waals surface area contributed by atoms with Gasteiger partial charge in [-0.15, -0.1) is 5.10 Å². The highest BCUT2D eigenvalue weighted by atomic mass is 35.5. The van der Waals surface area contributed by atoms with Crippen LogP contribution < -0.4 is 5.43 Å². The van der Waals surface area contributed by atoms with Crippen molar-refractivity contribution in [3.05, 3.63) is 82.6 Å². The van der Waals surface area contributed by atoms with E-state index in [0.717, 1.165) is 0 Å². The monoisotopic (exact) mass is 547 g/mol. The lowest BCUT2D eigenvalue weighted by atomic mass is 10.1. The van der Waals surface area contributed by atoms with Crippen LogP contribution in [0.25, 0.3) is 17.1 Å². The molecule has 0 saturated heterocycles. The Labute approximate surface area is 218 Å². The van der Waals surface area contributed by atoms with Crippen LogP contribution in [-0.2, 0) is 11.3 Å². The molecule has 1 saturated carbocycles. The van der Waals surface area contributed by atoms with Gasteiger partial charge in [-0.3, -0.25) is 9.99 Å². The molecule has 37 heavy (non-hydrogen) atoms. The van der Waals surface area contributed by atoms with Gasteiger partial charge in [-0.2, -0.15) is 18.3 Å². The average Bonchev–Trinajstić information content (AvgIpc) is 3.20. The van der Waals surface area contributed by atoms with Gasteiger partial charge < -0.3 is 4.74 Å². The van der Waals surface area contributed by atoms with Crippen molar-refractivity contribution in [2.45, 2.75) is 31.8 Å². The summed E-state index contributed by atoms with van der Waals surface area (Å²) in [4.78, 5) is 8.85. The zero-order valence-corrected chi connectivity index (χ0v) is 20.5. The fourth-order valence-electron chi connectivity index (χ4n) is 4.35. The molecule has 0 amide bonds. The number of nitrogens with one attached hydrogen (secondary N) is 1. The van der Waals surface area contributed by atoms with Gasteiger partial charge >= 0.3 is 6.18 Å². The average molecular weight is 548 g/mol. The van der Waals surface area contributed by atoms with Crippen molar-refractivity contribution in [2.24, 2.45) is 10.5 Å². The molecule has 4 aromatic rings. The van der Waals surface area contributed by atoms with E-state index in [9.17, 15) is 13.2 Å². The summed E-state index contributed by atoms with van der Waals surface area (Å²) in [6, 6.07) is 14.3. The second-order valence-electron chi connectivity index (χ2n) is 8.78. The highest BCUT2D eigenvalue weighted by Gasteiger charge is 2.69. The Kier molecular flexibility index (Phi) is 5.64. The van der Waals surface area contributed by atoms with Gasteiger partial charge in [-0.25, -0.2) is 14.6 Å². The SMILES string of the molecule is FC(F)(F)C1(C2=NNC(c3nc(-c4ccccc4Cl)n(-c4ccc(Cl)cc4)c3Cn3cncn3)O2)CC1. The van der Waals surface area contributed by atoms with Gasteiger partial charge in [0.25, 0.3) is 0 Å². The first-order chi connectivity index (χ1) is 17.8. The lowest BCUT2D eigenvalue weighted by molar-refractivity contribution is -0.170. The molecule has 2 aliphatic rings. The van der Waals surface area contributed by atoms with E-state index in [1.54, 1.807) is 28.9 Å². The maximum absolute atomic E-state index is 13.7. The molecular formula is C24H18Cl2F3N7O. The number of imidazole rings is 1. The topological polar surface area (TPSA) is 82.2 Å². The highest BCUT2D eigenvalue weighted by molar-refractivity contribution is 6.33. The Bertz CT molecular complexity index is 1480. The lowest BCUT2D eigenvalue weighted by Crippen LogP contribution is -2.33. The van der Waals surface area contributed by atoms with Crippen molar-refractivity contribution in [2.75, 3.05) is 0 Å². The molecule has 190 valence electrons. The predicted octanol–water partition coefficient (Wildman–Crippen LogP) is 5.76. The van der Waals surface area contributed by atoms with Crippen LogP contribution in [0, 0.1) is 5.41 Å². The van der Waals surface area contributed by atoms with E-state index in [1.807, 2.05) is 28.8 Å². The summed E-state index contributed by atoms with van der Waals surface area (Å²) < 4.78 is 50.5. The van der Waals surface area contributed by atoms with Crippen LogP contribution in [-0.4, -0.2) is 36.4 Å². The van der Waals surface area contributed by atoms with Crippen LogP contribution in [0.3, 0.4) is 0 Å². The molecule has 1 N–H and O–H groups in total. The van der Waals surface area contributed by atoms with E-state index >= 15 is 0 Å². The molecule has 6 rings (SSSR count). The summed E-state index contributed by atoms with van der Waals surface area (Å²) in [5.41, 5.74) is 2.92. The molecule has 1 aliphatic carbocycles. The molecule has 1 fully saturated rings. The minimum Gasteiger partial charge on any atom is -0.448 e. The number of benzene rings is 2. The normalized spacial score (nSPS) is 18.3. The first kappa shape index (κ1) is 23.8. The number of alkyl halides is 3. The van der Waals surface area contributed by atoms with E-state index < -0.39 is 17.8 Å². The summed E-state index contributed by atoms with van der Waals surface area (Å²) in [5.74, 6) is 0.0888. The fraction of sp³-hybridized carbons (Fsp3) is 0.250. The van der Waals surface area contributed by atoms with Crippen LogP contribution in [0.4, 0.5) is 13.2 Å². The molecule has 1 unspecified atom stereocenters. The van der Waals surface area contributed by atoms with Crippen LogP contribution in [0.1, 0.15) is 30.5 Å². The number of ether oxygens (including phenoxy) is 1. The van der Waals surface area contributed by atoms with Crippen molar-refractivity contribution in [3.8, 4) is 17.1 Å². The maximum Gasteiger partial charge on any atom is 0.403 e. The number of halogens is 5. The second kappa shape index (κ2) is 8.77. The molecule has 13 heteroatoms. The fourth-order valence-corrected chi connectivity index (χ4v) is 4.70. The van der Waals surface area contributed by atoms with Crippen molar-refractivity contribution >= 4 is 29.1 Å². The van der Waals surface area contributed by atoms with E-state index in [4.69, 9.17) is 32.9 Å². The number of hydrogen-bond acceptors (Lipinski definition) is 6. The van der Waals surface area contributed by atoms with Crippen molar-refractivity contribution in [1.29, 1.82) is 0 Å². The first-order valence-electron chi connectivity index (χ1n) is 11.3. The van der Waals surface area contributed by atoms with Crippen molar-refractivity contribution in [1.82, 2.24) is 29.7 Å². The third-order valence-electron chi connectivity index (χ3n) is 6.44.